The molecule has 6 heteroatoms. The zero-order valence-electron chi connectivity index (χ0n) is 14.4. The number of nitrogens with two attached hydrogens (primary N) is 1. The third-order valence-electron chi connectivity index (χ3n) is 5.09. The van der Waals surface area contributed by atoms with Gasteiger partial charge in [-0.2, -0.15) is 13.2 Å². The molecule has 1 aliphatic carbocycles. The molecule has 138 valence electrons. The van der Waals surface area contributed by atoms with Gasteiger partial charge in [-0.1, -0.05) is 48.5 Å². The van der Waals surface area contributed by atoms with Crippen LogP contribution in [0.4, 0.5) is 13.2 Å². The van der Waals surface area contributed by atoms with Crippen molar-refractivity contribution in [2.75, 3.05) is 6.54 Å². The fraction of sp³-hybridized carbons (Fsp3) is 0.350. The molecule has 0 aromatic heterocycles. The molecule has 0 heterocycles. The van der Waals surface area contributed by atoms with E-state index >= 15 is 0 Å². The number of carbonyl (C=O) groups excluding carboxylic acids is 1. The Hall–Kier alpha value is -2.34. The fourth-order valence-electron chi connectivity index (χ4n) is 3.09. The summed E-state index contributed by atoms with van der Waals surface area (Å²) < 4.78 is 38.8. The van der Waals surface area contributed by atoms with Crippen LogP contribution in [-0.4, -0.2) is 12.5 Å². The van der Waals surface area contributed by atoms with Gasteiger partial charge in [-0.15, -0.1) is 0 Å². The minimum atomic E-state index is -4.38. The van der Waals surface area contributed by atoms with Crippen molar-refractivity contribution in [3.63, 3.8) is 0 Å². The first-order chi connectivity index (χ1) is 12.2. The van der Waals surface area contributed by atoms with Crippen LogP contribution in [0.2, 0.25) is 0 Å². The van der Waals surface area contributed by atoms with Gasteiger partial charge in [-0.25, -0.2) is 0 Å². The maximum absolute atomic E-state index is 12.9. The lowest BCUT2D eigenvalue weighted by Gasteiger charge is -2.26. The summed E-state index contributed by atoms with van der Waals surface area (Å²) in [5.74, 6) is -0.345. The van der Waals surface area contributed by atoms with Crippen molar-refractivity contribution in [2.24, 2.45) is 5.73 Å². The molecule has 0 spiro atoms. The van der Waals surface area contributed by atoms with Crippen LogP contribution in [0.25, 0.3) is 0 Å². The molecule has 3 nitrogen and oxygen atoms in total. The largest absolute Gasteiger partial charge is 0.416 e. The number of amides is 1. The van der Waals surface area contributed by atoms with E-state index in [9.17, 15) is 18.0 Å². The number of carbonyl (C=O) groups is 1. The second-order valence-corrected chi connectivity index (χ2v) is 7.11. The highest BCUT2D eigenvalue weighted by Crippen LogP contribution is 2.48. The number of rotatable bonds is 5. The van der Waals surface area contributed by atoms with Crippen LogP contribution < -0.4 is 11.1 Å². The van der Waals surface area contributed by atoms with Gasteiger partial charge in [0, 0.05) is 12.0 Å². The van der Waals surface area contributed by atoms with E-state index in [4.69, 9.17) is 5.73 Å². The van der Waals surface area contributed by atoms with E-state index in [1.54, 1.807) is 37.3 Å². The van der Waals surface area contributed by atoms with Crippen LogP contribution in [-0.2, 0) is 21.9 Å². The summed E-state index contributed by atoms with van der Waals surface area (Å²) in [4.78, 5) is 12.6. The zero-order valence-corrected chi connectivity index (χ0v) is 14.4. The number of alkyl halides is 3. The Morgan fingerprint density at radius 3 is 2.27 bits per heavy atom. The zero-order chi connectivity index (χ0) is 19.0. The molecule has 0 radical (unpaired) electrons. The van der Waals surface area contributed by atoms with E-state index in [1.165, 1.54) is 12.1 Å². The van der Waals surface area contributed by atoms with Crippen molar-refractivity contribution in [1.82, 2.24) is 5.32 Å². The van der Waals surface area contributed by atoms with Crippen molar-refractivity contribution in [1.29, 1.82) is 0 Å². The highest BCUT2D eigenvalue weighted by atomic mass is 19.4. The van der Waals surface area contributed by atoms with E-state index in [0.29, 0.717) is 11.1 Å². The summed E-state index contributed by atoms with van der Waals surface area (Å²) in [6, 6.07) is 14.3. The fourth-order valence-corrected chi connectivity index (χ4v) is 3.09. The SMILES string of the molecule is CC(N)(C(=O)NCC1(c2cccc(C(F)(F)F)c2)CC1)c1ccccc1. The Morgan fingerprint density at radius 2 is 1.69 bits per heavy atom. The van der Waals surface area contributed by atoms with Crippen molar-refractivity contribution >= 4 is 5.91 Å². The molecule has 0 aliphatic heterocycles. The molecule has 3 rings (SSSR count). The van der Waals surface area contributed by atoms with Gasteiger partial charge in [0.05, 0.1) is 5.56 Å². The monoisotopic (exact) mass is 362 g/mol. The Balaban J connectivity index is 1.73. The van der Waals surface area contributed by atoms with Crippen LogP contribution >= 0.6 is 0 Å². The van der Waals surface area contributed by atoms with Crippen molar-refractivity contribution < 1.29 is 18.0 Å². The molecule has 1 unspecified atom stereocenters. The molecular formula is C20H21F3N2O. The van der Waals surface area contributed by atoms with E-state index in [0.717, 1.165) is 18.9 Å². The Labute approximate surface area is 150 Å². The molecule has 1 saturated carbocycles. The highest BCUT2D eigenvalue weighted by molar-refractivity contribution is 5.87. The van der Waals surface area contributed by atoms with Gasteiger partial charge < -0.3 is 11.1 Å². The number of nitrogens with one attached hydrogen (secondary N) is 1. The normalized spacial score (nSPS) is 18.0. The van der Waals surface area contributed by atoms with Gasteiger partial charge in [0.1, 0.15) is 5.54 Å². The van der Waals surface area contributed by atoms with Crippen LogP contribution in [0.5, 0.6) is 0 Å². The summed E-state index contributed by atoms with van der Waals surface area (Å²) in [7, 11) is 0. The summed E-state index contributed by atoms with van der Waals surface area (Å²) in [6.45, 7) is 1.90. The Bertz CT molecular complexity index is 796. The summed E-state index contributed by atoms with van der Waals surface area (Å²) in [5, 5.41) is 2.84. The molecule has 2 aromatic rings. The molecule has 1 fully saturated rings. The number of hydrogen-bond acceptors (Lipinski definition) is 2. The lowest BCUT2D eigenvalue weighted by Crippen LogP contribution is -2.50. The Morgan fingerprint density at radius 1 is 1.08 bits per heavy atom. The maximum atomic E-state index is 12.9. The minimum absolute atomic E-state index is 0.271. The van der Waals surface area contributed by atoms with Gasteiger partial charge in [0.2, 0.25) is 5.91 Å². The molecular weight excluding hydrogens is 341 g/mol. The topological polar surface area (TPSA) is 55.1 Å². The highest BCUT2D eigenvalue weighted by Gasteiger charge is 2.46. The predicted octanol–water partition coefficient (Wildman–Crippen LogP) is 3.73. The average molecular weight is 362 g/mol. The Kier molecular flexibility index (Phi) is 4.56. The van der Waals surface area contributed by atoms with Gasteiger partial charge >= 0.3 is 6.18 Å². The van der Waals surface area contributed by atoms with Crippen molar-refractivity contribution in [3.05, 3.63) is 71.3 Å². The van der Waals surface area contributed by atoms with E-state index in [-0.39, 0.29) is 12.5 Å². The number of halogens is 3. The predicted molar refractivity (Wildman–Crippen MR) is 93.3 cm³/mol. The van der Waals surface area contributed by atoms with Crippen LogP contribution in [0.1, 0.15) is 36.5 Å². The molecule has 0 saturated heterocycles. The van der Waals surface area contributed by atoms with E-state index < -0.39 is 22.7 Å². The summed E-state index contributed by atoms with van der Waals surface area (Å²) in [5.41, 5.74) is 5.16. The molecule has 2 aromatic carbocycles. The minimum Gasteiger partial charge on any atom is -0.353 e. The van der Waals surface area contributed by atoms with Crippen molar-refractivity contribution in [2.45, 2.75) is 36.9 Å². The van der Waals surface area contributed by atoms with E-state index in [2.05, 4.69) is 5.32 Å². The van der Waals surface area contributed by atoms with Crippen molar-refractivity contribution in [3.8, 4) is 0 Å². The third-order valence-corrected chi connectivity index (χ3v) is 5.09. The van der Waals surface area contributed by atoms with Gasteiger partial charge in [0.15, 0.2) is 0 Å². The lowest BCUT2D eigenvalue weighted by atomic mass is 9.90. The quantitative estimate of drug-likeness (QED) is 0.852. The number of hydrogen-bond donors (Lipinski definition) is 2. The average Bonchev–Trinajstić information content (AvgIpc) is 3.41. The molecule has 26 heavy (non-hydrogen) atoms. The van der Waals surface area contributed by atoms with Gasteiger partial charge in [0.25, 0.3) is 0 Å². The second kappa shape index (κ2) is 6.43. The first kappa shape index (κ1) is 18.5. The maximum Gasteiger partial charge on any atom is 0.416 e. The standard InChI is InChI=1S/C20H21F3N2O/c1-18(24,14-6-3-2-4-7-14)17(26)25-13-19(10-11-19)15-8-5-9-16(12-15)20(21,22)23/h2-9,12H,10-11,13,24H2,1H3,(H,25,26). The summed E-state index contributed by atoms with van der Waals surface area (Å²) in [6.07, 6.45) is -2.90. The third kappa shape index (κ3) is 3.60. The van der Waals surface area contributed by atoms with Crippen LogP contribution in [0.15, 0.2) is 54.6 Å². The first-order valence-electron chi connectivity index (χ1n) is 8.46. The molecule has 1 atom stereocenters. The molecule has 0 bridgehead atoms. The van der Waals surface area contributed by atoms with Gasteiger partial charge in [-0.05, 0) is 37.0 Å². The smallest absolute Gasteiger partial charge is 0.353 e. The summed E-state index contributed by atoms with van der Waals surface area (Å²) >= 11 is 0. The molecule has 3 N–H and O–H groups in total. The number of benzene rings is 2. The van der Waals surface area contributed by atoms with Gasteiger partial charge in [-0.3, -0.25) is 4.79 Å². The second-order valence-electron chi connectivity index (χ2n) is 7.11. The van der Waals surface area contributed by atoms with Crippen LogP contribution in [0, 0.1) is 0 Å². The van der Waals surface area contributed by atoms with E-state index in [1.807, 2.05) is 6.07 Å². The molecule has 1 amide bonds. The van der Waals surface area contributed by atoms with Crippen LogP contribution in [0.3, 0.4) is 0 Å². The lowest BCUT2D eigenvalue weighted by molar-refractivity contribution is -0.137. The first-order valence-corrected chi connectivity index (χ1v) is 8.46. The molecule has 1 aliphatic rings.